The Kier molecular flexibility index (Phi) is 6.16. The van der Waals surface area contributed by atoms with Crippen molar-refractivity contribution in [3.63, 3.8) is 0 Å². The summed E-state index contributed by atoms with van der Waals surface area (Å²) >= 11 is 0.994. The fraction of sp³-hybridized carbons (Fsp3) is 0.500. The van der Waals surface area contributed by atoms with Gasteiger partial charge in [0.1, 0.15) is 12.1 Å². The van der Waals surface area contributed by atoms with E-state index in [4.69, 9.17) is 0 Å². The van der Waals surface area contributed by atoms with E-state index in [9.17, 15) is 19.2 Å². The third-order valence-corrected chi connectivity index (χ3v) is 6.64. The maximum Gasteiger partial charge on any atom is 0.325 e. The van der Waals surface area contributed by atoms with Crippen LogP contribution in [0.25, 0.3) is 0 Å². The van der Waals surface area contributed by atoms with E-state index < -0.39 is 17.5 Å². The molecule has 1 spiro atoms. The van der Waals surface area contributed by atoms with Gasteiger partial charge in [0.15, 0.2) is 0 Å². The highest BCUT2D eigenvalue weighted by molar-refractivity contribution is 8.13. The molecular formula is C20H26N4O4S. The average Bonchev–Trinajstić information content (AvgIpc) is 2.90. The maximum absolute atomic E-state index is 13.0. The summed E-state index contributed by atoms with van der Waals surface area (Å²) in [5.41, 5.74) is -0.424. The number of nitrogens with one attached hydrogen (secondary N) is 2. The number of benzene rings is 1. The second kappa shape index (κ2) is 8.44. The summed E-state index contributed by atoms with van der Waals surface area (Å²) in [4.78, 5) is 53.0. The molecule has 2 fully saturated rings. The second-order valence-corrected chi connectivity index (χ2v) is 8.74. The quantitative estimate of drug-likeness (QED) is 0.579. The van der Waals surface area contributed by atoms with Gasteiger partial charge in [0.2, 0.25) is 5.91 Å². The standard InChI is InChI=1S/C20H26N4O4S/c1-13-8-6-7-11-20(13)17(26)24(18(27)22-20)12-16(25)21-14-9-4-5-10-15(14)29-19(28)23(2)3/h4-5,9-10,13H,6-8,11-12H2,1-3H3,(H,21,25)(H,22,27). The van der Waals surface area contributed by atoms with Gasteiger partial charge in [-0.05, 0) is 42.7 Å². The number of nitrogens with zero attached hydrogens (tertiary/aromatic N) is 2. The fourth-order valence-corrected chi connectivity index (χ4v) is 4.56. The van der Waals surface area contributed by atoms with Gasteiger partial charge in [0.25, 0.3) is 11.1 Å². The van der Waals surface area contributed by atoms with Gasteiger partial charge >= 0.3 is 6.03 Å². The van der Waals surface area contributed by atoms with Crippen LogP contribution in [-0.4, -0.2) is 59.1 Å². The molecule has 3 rings (SSSR count). The highest BCUT2D eigenvalue weighted by Gasteiger charge is 2.55. The zero-order valence-electron chi connectivity index (χ0n) is 16.9. The molecule has 1 saturated carbocycles. The molecule has 1 aromatic carbocycles. The van der Waals surface area contributed by atoms with Crippen molar-refractivity contribution >= 4 is 40.5 Å². The normalized spacial score (nSPS) is 23.8. The van der Waals surface area contributed by atoms with Crippen molar-refractivity contribution in [1.82, 2.24) is 15.1 Å². The predicted molar refractivity (Wildman–Crippen MR) is 111 cm³/mol. The van der Waals surface area contributed by atoms with Crippen molar-refractivity contribution in [3.05, 3.63) is 24.3 Å². The van der Waals surface area contributed by atoms with Crippen LogP contribution >= 0.6 is 11.8 Å². The van der Waals surface area contributed by atoms with E-state index in [1.807, 2.05) is 6.92 Å². The Morgan fingerprint density at radius 2 is 2.00 bits per heavy atom. The van der Waals surface area contributed by atoms with Crippen LogP contribution in [0.5, 0.6) is 0 Å². The van der Waals surface area contributed by atoms with Gasteiger partial charge < -0.3 is 15.5 Å². The first kappa shape index (κ1) is 21.2. The molecule has 2 atom stereocenters. The summed E-state index contributed by atoms with van der Waals surface area (Å²) < 4.78 is 0. The van der Waals surface area contributed by atoms with Crippen LogP contribution in [-0.2, 0) is 9.59 Å². The minimum absolute atomic E-state index is 0.0370. The van der Waals surface area contributed by atoms with Gasteiger partial charge in [-0.3, -0.25) is 19.3 Å². The Morgan fingerprint density at radius 1 is 1.28 bits per heavy atom. The zero-order chi connectivity index (χ0) is 21.2. The van der Waals surface area contributed by atoms with Crippen molar-refractivity contribution in [2.45, 2.75) is 43.0 Å². The summed E-state index contributed by atoms with van der Waals surface area (Å²) in [6.07, 6.45) is 3.38. The number of urea groups is 1. The van der Waals surface area contributed by atoms with E-state index in [0.717, 1.165) is 35.9 Å². The number of imide groups is 1. The molecule has 2 unspecified atom stereocenters. The summed E-state index contributed by atoms with van der Waals surface area (Å²) in [5, 5.41) is 5.39. The van der Waals surface area contributed by atoms with Crippen molar-refractivity contribution < 1.29 is 19.2 Å². The number of carbonyl (C=O) groups is 4. The topological polar surface area (TPSA) is 98.8 Å². The molecule has 29 heavy (non-hydrogen) atoms. The smallest absolute Gasteiger partial charge is 0.325 e. The summed E-state index contributed by atoms with van der Waals surface area (Å²) in [6, 6.07) is 6.40. The Bertz CT molecular complexity index is 844. The first-order valence-corrected chi connectivity index (χ1v) is 10.5. The first-order chi connectivity index (χ1) is 13.7. The number of carbonyl (C=O) groups excluding carboxylic acids is 4. The highest BCUT2D eigenvalue weighted by atomic mass is 32.2. The number of rotatable bonds is 4. The third-order valence-electron chi connectivity index (χ3n) is 5.53. The molecule has 1 aliphatic heterocycles. The molecule has 5 amide bonds. The molecule has 0 radical (unpaired) electrons. The molecule has 1 aliphatic carbocycles. The molecule has 1 aromatic rings. The zero-order valence-corrected chi connectivity index (χ0v) is 17.7. The lowest BCUT2D eigenvalue weighted by atomic mass is 9.73. The van der Waals surface area contributed by atoms with Gasteiger partial charge in [-0.2, -0.15) is 0 Å². The van der Waals surface area contributed by atoms with Crippen molar-refractivity contribution in [3.8, 4) is 0 Å². The van der Waals surface area contributed by atoms with Gasteiger partial charge in [-0.15, -0.1) is 0 Å². The van der Waals surface area contributed by atoms with Crippen LogP contribution in [0.1, 0.15) is 32.6 Å². The van der Waals surface area contributed by atoms with E-state index in [1.165, 1.54) is 4.90 Å². The van der Waals surface area contributed by atoms with E-state index in [-0.39, 0.29) is 23.6 Å². The van der Waals surface area contributed by atoms with Gasteiger partial charge in [-0.1, -0.05) is 31.9 Å². The summed E-state index contributed by atoms with van der Waals surface area (Å²) in [7, 11) is 3.30. The molecule has 0 aromatic heterocycles. The van der Waals surface area contributed by atoms with Crippen LogP contribution in [0.15, 0.2) is 29.2 Å². The van der Waals surface area contributed by atoms with E-state index in [1.54, 1.807) is 38.4 Å². The van der Waals surface area contributed by atoms with Gasteiger partial charge in [0.05, 0.1) is 5.69 Å². The Labute approximate surface area is 174 Å². The van der Waals surface area contributed by atoms with E-state index >= 15 is 0 Å². The molecule has 1 heterocycles. The van der Waals surface area contributed by atoms with E-state index in [2.05, 4.69) is 10.6 Å². The first-order valence-electron chi connectivity index (χ1n) is 9.66. The second-order valence-electron chi connectivity index (χ2n) is 7.75. The molecule has 8 nitrogen and oxygen atoms in total. The van der Waals surface area contributed by atoms with Crippen LogP contribution in [0.4, 0.5) is 15.3 Å². The van der Waals surface area contributed by atoms with Crippen molar-refractivity contribution in [2.75, 3.05) is 26.0 Å². The molecule has 1 saturated heterocycles. The largest absolute Gasteiger partial charge is 0.339 e. The molecular weight excluding hydrogens is 392 g/mol. The lowest BCUT2D eigenvalue weighted by Gasteiger charge is -2.36. The number of hydrogen-bond donors (Lipinski definition) is 2. The number of para-hydroxylation sites is 1. The van der Waals surface area contributed by atoms with Crippen LogP contribution < -0.4 is 10.6 Å². The Balaban J connectivity index is 1.69. The number of anilines is 1. The van der Waals surface area contributed by atoms with Gasteiger partial charge in [-0.25, -0.2) is 4.79 Å². The minimum Gasteiger partial charge on any atom is -0.339 e. The molecule has 2 aliphatic rings. The third kappa shape index (κ3) is 4.24. The molecule has 2 N–H and O–H groups in total. The Morgan fingerprint density at radius 3 is 2.69 bits per heavy atom. The molecule has 156 valence electrons. The number of amides is 5. The van der Waals surface area contributed by atoms with E-state index in [0.29, 0.717) is 17.0 Å². The lowest BCUT2D eigenvalue weighted by molar-refractivity contribution is -0.136. The van der Waals surface area contributed by atoms with Crippen LogP contribution in [0.2, 0.25) is 0 Å². The SMILES string of the molecule is CC1CCCCC12NC(=O)N(CC(=O)Nc1ccccc1SC(=O)N(C)C)C2=O. The monoisotopic (exact) mass is 418 g/mol. The predicted octanol–water partition coefficient (Wildman–Crippen LogP) is 2.90. The van der Waals surface area contributed by atoms with Crippen molar-refractivity contribution in [1.29, 1.82) is 0 Å². The average molecular weight is 419 g/mol. The molecule has 0 bridgehead atoms. The number of hydrogen-bond acceptors (Lipinski definition) is 5. The number of thioether (sulfide) groups is 1. The van der Waals surface area contributed by atoms with Crippen LogP contribution in [0, 0.1) is 5.92 Å². The Hall–Kier alpha value is -2.55. The highest BCUT2D eigenvalue weighted by Crippen LogP contribution is 2.38. The van der Waals surface area contributed by atoms with Crippen molar-refractivity contribution in [2.24, 2.45) is 5.92 Å². The summed E-state index contributed by atoms with van der Waals surface area (Å²) in [6.45, 7) is 1.61. The fourth-order valence-electron chi connectivity index (χ4n) is 3.82. The maximum atomic E-state index is 13.0. The lowest BCUT2D eigenvalue weighted by Crippen LogP contribution is -2.54. The van der Waals surface area contributed by atoms with Gasteiger partial charge in [0, 0.05) is 19.0 Å². The minimum atomic E-state index is -0.887. The summed E-state index contributed by atoms with van der Waals surface area (Å²) in [5.74, 6) is -0.774. The van der Waals surface area contributed by atoms with Crippen LogP contribution in [0.3, 0.4) is 0 Å². The molecule has 9 heteroatoms.